The standard InChI is InChI=1S/C16H22N4O4/c1-9-5-6-12(16(23)24)20(9)13(22)8-19-15-11(4-3-7-18-15)14(17)10(2)21/h3-4,7,9-10,12,17,21H,5-6,8H2,1-2H3,(H,18,19)(H,23,24)/t9-,10?,12?/m1/s1. The lowest BCUT2D eigenvalue weighted by Crippen LogP contribution is -2.46. The molecule has 8 heteroatoms. The third-order valence-corrected chi connectivity index (χ3v) is 4.16. The average Bonchev–Trinajstić information content (AvgIpc) is 2.94. The second-order valence-electron chi connectivity index (χ2n) is 5.92. The zero-order valence-corrected chi connectivity index (χ0v) is 13.7. The number of amides is 1. The van der Waals surface area contributed by atoms with Crippen LogP contribution in [-0.2, 0) is 9.59 Å². The Balaban J connectivity index is 2.10. The molecule has 1 aromatic heterocycles. The average molecular weight is 334 g/mol. The summed E-state index contributed by atoms with van der Waals surface area (Å²) < 4.78 is 0. The number of nitrogens with zero attached hydrogens (tertiary/aromatic N) is 2. The van der Waals surface area contributed by atoms with E-state index in [1.54, 1.807) is 12.1 Å². The number of aliphatic hydroxyl groups is 1. The fraction of sp³-hybridized carbons (Fsp3) is 0.500. The molecule has 1 aromatic rings. The minimum Gasteiger partial charge on any atom is -0.480 e. The van der Waals surface area contributed by atoms with Gasteiger partial charge in [0.05, 0.1) is 18.4 Å². The van der Waals surface area contributed by atoms with Gasteiger partial charge in [-0.15, -0.1) is 0 Å². The van der Waals surface area contributed by atoms with Crippen LogP contribution < -0.4 is 5.32 Å². The fourth-order valence-electron chi connectivity index (χ4n) is 2.89. The molecular formula is C16H22N4O4. The number of rotatable bonds is 6. The Morgan fingerprint density at radius 3 is 2.83 bits per heavy atom. The first kappa shape index (κ1) is 17.9. The number of carboxylic acids is 1. The van der Waals surface area contributed by atoms with E-state index in [2.05, 4.69) is 10.3 Å². The Hall–Kier alpha value is -2.48. The SMILES string of the molecule is CC(O)C(=N)c1cccnc1NCC(=O)N1C(C(=O)O)CC[C@H]1C. The van der Waals surface area contributed by atoms with Gasteiger partial charge in [0, 0.05) is 17.8 Å². The minimum atomic E-state index is -0.998. The van der Waals surface area contributed by atoms with Gasteiger partial charge in [-0.2, -0.15) is 0 Å². The third kappa shape index (κ3) is 3.70. The number of carboxylic acid groups (broad SMARTS) is 1. The van der Waals surface area contributed by atoms with Crippen LogP contribution in [0.1, 0.15) is 32.3 Å². The fourth-order valence-corrected chi connectivity index (χ4v) is 2.89. The Bertz CT molecular complexity index is 647. The van der Waals surface area contributed by atoms with Crippen LogP contribution in [0.3, 0.4) is 0 Å². The van der Waals surface area contributed by atoms with Gasteiger partial charge in [-0.25, -0.2) is 9.78 Å². The summed E-state index contributed by atoms with van der Waals surface area (Å²) >= 11 is 0. The molecule has 2 heterocycles. The molecular weight excluding hydrogens is 312 g/mol. The zero-order valence-electron chi connectivity index (χ0n) is 13.7. The maximum atomic E-state index is 12.4. The highest BCUT2D eigenvalue weighted by Crippen LogP contribution is 2.24. The molecule has 4 N–H and O–H groups in total. The number of likely N-dealkylation sites (tertiary alicyclic amines) is 1. The van der Waals surface area contributed by atoms with Crippen molar-refractivity contribution in [3.8, 4) is 0 Å². The Morgan fingerprint density at radius 2 is 2.21 bits per heavy atom. The Kier molecular flexibility index (Phi) is 5.50. The van der Waals surface area contributed by atoms with Gasteiger partial charge in [0.1, 0.15) is 11.9 Å². The van der Waals surface area contributed by atoms with Crippen molar-refractivity contribution in [1.29, 1.82) is 5.41 Å². The van der Waals surface area contributed by atoms with Crippen LogP contribution >= 0.6 is 0 Å². The van der Waals surface area contributed by atoms with Crippen molar-refractivity contribution in [3.63, 3.8) is 0 Å². The molecule has 0 aromatic carbocycles. The van der Waals surface area contributed by atoms with Gasteiger partial charge in [-0.3, -0.25) is 4.79 Å². The number of aromatic nitrogens is 1. The van der Waals surface area contributed by atoms with E-state index in [-0.39, 0.29) is 24.2 Å². The first-order valence-corrected chi connectivity index (χ1v) is 7.82. The van der Waals surface area contributed by atoms with Gasteiger partial charge in [-0.1, -0.05) is 0 Å². The van der Waals surface area contributed by atoms with Gasteiger partial charge in [-0.05, 0) is 38.8 Å². The highest BCUT2D eigenvalue weighted by atomic mass is 16.4. The number of anilines is 1. The lowest BCUT2D eigenvalue weighted by molar-refractivity contribution is -0.148. The van der Waals surface area contributed by atoms with E-state index in [9.17, 15) is 19.8 Å². The van der Waals surface area contributed by atoms with Crippen LogP contribution in [0.4, 0.5) is 5.82 Å². The van der Waals surface area contributed by atoms with Crippen molar-refractivity contribution in [1.82, 2.24) is 9.88 Å². The van der Waals surface area contributed by atoms with Gasteiger partial charge in [0.15, 0.2) is 0 Å². The molecule has 0 radical (unpaired) electrons. The molecule has 8 nitrogen and oxygen atoms in total. The topological polar surface area (TPSA) is 127 Å². The number of carbonyl (C=O) groups is 2. The van der Waals surface area contributed by atoms with Crippen LogP contribution in [0.2, 0.25) is 0 Å². The number of nitrogens with one attached hydrogen (secondary N) is 2. The second-order valence-corrected chi connectivity index (χ2v) is 5.92. The summed E-state index contributed by atoms with van der Waals surface area (Å²) in [6.07, 6.45) is 1.67. The molecule has 130 valence electrons. The van der Waals surface area contributed by atoms with E-state index in [0.717, 1.165) is 0 Å². The predicted octanol–water partition coefficient (Wildman–Crippen LogP) is 0.706. The molecule has 0 aliphatic carbocycles. The predicted molar refractivity (Wildman–Crippen MR) is 88.2 cm³/mol. The summed E-state index contributed by atoms with van der Waals surface area (Å²) in [6.45, 7) is 3.19. The summed E-state index contributed by atoms with van der Waals surface area (Å²) in [5.74, 6) is -1.01. The zero-order chi connectivity index (χ0) is 17.9. The molecule has 2 unspecified atom stereocenters. The van der Waals surface area contributed by atoms with Gasteiger partial charge < -0.3 is 25.8 Å². The highest BCUT2D eigenvalue weighted by Gasteiger charge is 2.38. The van der Waals surface area contributed by atoms with E-state index in [1.807, 2.05) is 6.92 Å². The van der Waals surface area contributed by atoms with Crippen LogP contribution in [0.5, 0.6) is 0 Å². The largest absolute Gasteiger partial charge is 0.480 e. The summed E-state index contributed by atoms with van der Waals surface area (Å²) in [4.78, 5) is 29.2. The van der Waals surface area contributed by atoms with Crippen molar-refractivity contribution in [2.24, 2.45) is 0 Å². The maximum Gasteiger partial charge on any atom is 0.326 e. The lowest BCUT2D eigenvalue weighted by atomic mass is 10.1. The summed E-state index contributed by atoms with van der Waals surface area (Å²) in [6, 6.07) is 2.35. The Morgan fingerprint density at radius 1 is 1.50 bits per heavy atom. The summed E-state index contributed by atoms with van der Waals surface area (Å²) in [5, 5.41) is 29.5. The van der Waals surface area contributed by atoms with Crippen LogP contribution in [0.25, 0.3) is 0 Å². The number of carbonyl (C=O) groups excluding carboxylic acids is 1. The van der Waals surface area contributed by atoms with Crippen molar-refractivity contribution in [2.75, 3.05) is 11.9 Å². The minimum absolute atomic E-state index is 0.00370. The third-order valence-electron chi connectivity index (χ3n) is 4.16. The van der Waals surface area contributed by atoms with Crippen molar-refractivity contribution in [3.05, 3.63) is 23.9 Å². The first-order chi connectivity index (χ1) is 11.3. The van der Waals surface area contributed by atoms with Gasteiger partial charge in [0.25, 0.3) is 0 Å². The van der Waals surface area contributed by atoms with E-state index < -0.39 is 18.1 Å². The molecule has 1 aliphatic heterocycles. The van der Waals surface area contributed by atoms with Crippen LogP contribution in [-0.4, -0.2) is 62.4 Å². The monoisotopic (exact) mass is 334 g/mol. The van der Waals surface area contributed by atoms with Crippen molar-refractivity contribution >= 4 is 23.4 Å². The van der Waals surface area contributed by atoms with E-state index in [1.165, 1.54) is 18.0 Å². The molecule has 2 rings (SSSR count). The number of aliphatic hydroxyl groups excluding tert-OH is 1. The molecule has 0 saturated carbocycles. The van der Waals surface area contributed by atoms with E-state index in [0.29, 0.717) is 24.2 Å². The molecule has 3 atom stereocenters. The number of aliphatic carboxylic acids is 1. The molecule has 1 amide bonds. The van der Waals surface area contributed by atoms with E-state index in [4.69, 9.17) is 5.41 Å². The molecule has 1 fully saturated rings. The van der Waals surface area contributed by atoms with E-state index >= 15 is 0 Å². The quantitative estimate of drug-likeness (QED) is 0.567. The lowest BCUT2D eigenvalue weighted by Gasteiger charge is -2.26. The molecule has 0 bridgehead atoms. The normalized spacial score (nSPS) is 21.4. The highest BCUT2D eigenvalue weighted by molar-refractivity contribution is 6.05. The molecule has 1 saturated heterocycles. The first-order valence-electron chi connectivity index (χ1n) is 7.82. The number of hydrogen-bond acceptors (Lipinski definition) is 6. The molecule has 1 aliphatic rings. The summed E-state index contributed by atoms with van der Waals surface area (Å²) in [7, 11) is 0. The van der Waals surface area contributed by atoms with Crippen molar-refractivity contribution < 1.29 is 19.8 Å². The second kappa shape index (κ2) is 7.39. The van der Waals surface area contributed by atoms with Crippen LogP contribution in [0.15, 0.2) is 18.3 Å². The molecule has 24 heavy (non-hydrogen) atoms. The van der Waals surface area contributed by atoms with Crippen molar-refractivity contribution in [2.45, 2.75) is 44.9 Å². The summed E-state index contributed by atoms with van der Waals surface area (Å²) in [5.41, 5.74) is 0.403. The number of hydrogen-bond donors (Lipinski definition) is 4. The van der Waals surface area contributed by atoms with Gasteiger partial charge in [0.2, 0.25) is 5.91 Å². The smallest absolute Gasteiger partial charge is 0.326 e. The van der Waals surface area contributed by atoms with Gasteiger partial charge >= 0.3 is 5.97 Å². The number of pyridine rings is 1. The molecule has 0 spiro atoms. The Labute approximate surface area is 140 Å². The maximum absolute atomic E-state index is 12.4. The van der Waals surface area contributed by atoms with Crippen LogP contribution in [0, 0.1) is 5.41 Å².